The number of piperidine rings is 2. The first-order chi connectivity index (χ1) is 31.4. The first-order valence-corrected chi connectivity index (χ1v) is 22.0. The van der Waals surface area contributed by atoms with Gasteiger partial charge >= 0.3 is 12.4 Å². The molecule has 6 aromatic rings. The number of nitro benzene ring substituents is 2. The quantitative estimate of drug-likeness (QED) is 0.0625. The number of fused-ring (bicyclic) bond motifs is 2. The lowest BCUT2D eigenvalue weighted by Crippen LogP contribution is -2.45. The van der Waals surface area contributed by atoms with E-state index in [4.69, 9.17) is 0 Å². The van der Waals surface area contributed by atoms with Crippen LogP contribution in [0.4, 0.5) is 37.7 Å². The Labute approximate surface area is 377 Å². The van der Waals surface area contributed by atoms with Crippen molar-refractivity contribution in [3.63, 3.8) is 0 Å². The second-order valence-electron chi connectivity index (χ2n) is 17.3. The summed E-state index contributed by atoms with van der Waals surface area (Å²) in [4.78, 5) is 25.4. The Morgan fingerprint density at radius 3 is 1.18 bits per heavy atom. The molecular formula is C48H52F6N6O6. The number of nitrogens with zero attached hydrogens (tertiary/aromatic N) is 6. The summed E-state index contributed by atoms with van der Waals surface area (Å²) in [5, 5.41) is 45.2. The highest BCUT2D eigenvalue weighted by Gasteiger charge is 2.57. The van der Waals surface area contributed by atoms with Gasteiger partial charge in [0.25, 0.3) is 11.4 Å². The second kappa shape index (κ2) is 20.0. The van der Waals surface area contributed by atoms with Crippen LogP contribution in [0.25, 0.3) is 21.8 Å². The van der Waals surface area contributed by atoms with Gasteiger partial charge in [-0.05, 0) is 75.1 Å². The zero-order valence-electron chi connectivity index (χ0n) is 36.2. The molecular weight excluding hydrogens is 871 g/mol. The Bertz CT molecular complexity index is 2430. The minimum atomic E-state index is -4.91. The van der Waals surface area contributed by atoms with E-state index in [1.165, 1.54) is 48.8 Å². The van der Waals surface area contributed by atoms with Crippen molar-refractivity contribution in [2.75, 3.05) is 39.3 Å². The number of hydrogen-bond donors (Lipinski definition) is 2. The number of nitro groups is 2. The average molecular weight is 923 g/mol. The summed E-state index contributed by atoms with van der Waals surface area (Å²) in [6.07, 6.45) is -2.36. The Hall–Kier alpha value is -5.82. The highest BCUT2D eigenvalue weighted by atomic mass is 19.4. The van der Waals surface area contributed by atoms with Crippen LogP contribution in [0.3, 0.4) is 0 Å². The summed E-state index contributed by atoms with van der Waals surface area (Å²) in [5.41, 5.74) is -4.89. The Kier molecular flexibility index (Phi) is 14.6. The zero-order valence-corrected chi connectivity index (χ0v) is 36.2. The largest absolute Gasteiger partial charge is 0.421 e. The summed E-state index contributed by atoms with van der Waals surface area (Å²) >= 11 is 0. The minimum Gasteiger partial charge on any atom is -0.376 e. The van der Waals surface area contributed by atoms with E-state index in [0.29, 0.717) is 0 Å². The number of benzene rings is 4. The molecule has 4 heterocycles. The maximum Gasteiger partial charge on any atom is 0.421 e. The van der Waals surface area contributed by atoms with Crippen molar-refractivity contribution in [3.8, 4) is 0 Å². The summed E-state index contributed by atoms with van der Waals surface area (Å²) in [5.74, 6) is 0. The van der Waals surface area contributed by atoms with Crippen LogP contribution >= 0.6 is 0 Å². The molecule has 2 N–H and O–H groups in total. The number of rotatable bonds is 14. The normalized spacial score (nSPS) is 17.2. The van der Waals surface area contributed by atoms with Crippen molar-refractivity contribution < 1.29 is 46.4 Å². The lowest BCUT2D eigenvalue weighted by Gasteiger charge is -2.34. The van der Waals surface area contributed by atoms with Crippen LogP contribution in [0.1, 0.15) is 73.6 Å². The maximum atomic E-state index is 14.3. The number of aliphatic hydroxyl groups is 2. The van der Waals surface area contributed by atoms with Gasteiger partial charge in [0, 0.05) is 97.6 Å². The van der Waals surface area contributed by atoms with Crippen LogP contribution in [-0.2, 0) is 24.3 Å². The topological polar surface area (TPSA) is 143 Å². The monoisotopic (exact) mass is 922 g/mol. The van der Waals surface area contributed by atoms with Gasteiger partial charge in [-0.3, -0.25) is 20.2 Å². The fourth-order valence-electron chi connectivity index (χ4n) is 9.13. The molecule has 66 heavy (non-hydrogen) atoms. The third-order valence-corrected chi connectivity index (χ3v) is 12.9. The van der Waals surface area contributed by atoms with Crippen molar-refractivity contribution in [3.05, 3.63) is 152 Å². The molecule has 2 saturated heterocycles. The van der Waals surface area contributed by atoms with Gasteiger partial charge in [-0.2, -0.15) is 26.3 Å². The fourth-order valence-corrected chi connectivity index (χ4v) is 9.13. The van der Waals surface area contributed by atoms with E-state index in [2.05, 4.69) is 0 Å². The number of likely N-dealkylation sites (tertiary alicyclic amines) is 2. The molecule has 12 nitrogen and oxygen atoms in total. The van der Waals surface area contributed by atoms with Gasteiger partial charge in [-0.1, -0.05) is 73.5 Å². The average Bonchev–Trinajstić information content (AvgIpc) is 3.86. The molecule has 2 unspecified atom stereocenters. The van der Waals surface area contributed by atoms with E-state index >= 15 is 0 Å². The Morgan fingerprint density at radius 2 is 0.864 bits per heavy atom. The second-order valence-corrected chi connectivity index (χ2v) is 17.3. The molecule has 0 bridgehead atoms. The molecule has 8 rings (SSSR count). The van der Waals surface area contributed by atoms with Gasteiger partial charge in [-0.15, -0.1) is 0 Å². The smallest absolute Gasteiger partial charge is 0.376 e. The van der Waals surface area contributed by atoms with Crippen molar-refractivity contribution in [1.82, 2.24) is 18.9 Å². The first kappa shape index (κ1) is 48.1. The molecule has 0 spiro atoms. The molecule has 2 aliphatic rings. The summed E-state index contributed by atoms with van der Waals surface area (Å²) < 4.78 is 89.1. The molecule has 0 amide bonds. The third kappa shape index (κ3) is 10.6. The van der Waals surface area contributed by atoms with Crippen LogP contribution in [0.5, 0.6) is 0 Å². The standard InChI is InChI=1S/2C24H26F3N3O3/c2*25-24(26,27)23(31,11-14-28-12-5-2-6-13-28)21-17-29(16-18-7-3-1-4-8-18)22-15-19(30(32)33)9-10-20(21)22/h2*1,3-4,7-10,15,17,31H,2,5-6,11-14,16H2. The lowest BCUT2D eigenvalue weighted by molar-refractivity contribution is -0.384. The van der Waals surface area contributed by atoms with E-state index in [9.17, 15) is 56.8 Å². The molecule has 2 atom stereocenters. The summed E-state index contributed by atoms with van der Waals surface area (Å²) in [7, 11) is 0. The van der Waals surface area contributed by atoms with Crippen LogP contribution in [0.15, 0.2) is 109 Å². The molecule has 352 valence electrons. The SMILES string of the molecule is O=[N+]([O-])c1ccc2c(C(O)(CCN3CCCCC3)C(F)(F)F)cn(Cc3ccccc3)c2c1.O=[N+]([O-])c1ccc2c(C(O)(CCN3CCCCC3)C(F)(F)F)cn(Cc3ccccc3)c2c1. The van der Waals surface area contributed by atoms with Gasteiger partial charge in [0.15, 0.2) is 11.2 Å². The molecule has 2 fully saturated rings. The van der Waals surface area contributed by atoms with Crippen LogP contribution in [0, 0.1) is 20.2 Å². The van der Waals surface area contributed by atoms with Gasteiger partial charge in [-0.25, -0.2) is 0 Å². The first-order valence-electron chi connectivity index (χ1n) is 22.0. The number of alkyl halides is 6. The highest BCUT2D eigenvalue weighted by molar-refractivity contribution is 5.88. The van der Waals surface area contributed by atoms with E-state index in [1.54, 1.807) is 9.13 Å². The van der Waals surface area contributed by atoms with Gasteiger partial charge in [0.05, 0.1) is 20.9 Å². The molecule has 0 radical (unpaired) electrons. The molecule has 0 saturated carbocycles. The number of halogens is 6. The zero-order chi connectivity index (χ0) is 47.3. The number of aromatic nitrogens is 2. The van der Waals surface area contributed by atoms with E-state index in [-0.39, 0.29) is 70.5 Å². The van der Waals surface area contributed by atoms with Crippen LogP contribution in [-0.4, -0.2) is 90.6 Å². The predicted molar refractivity (Wildman–Crippen MR) is 238 cm³/mol. The lowest BCUT2D eigenvalue weighted by atomic mass is 9.88. The van der Waals surface area contributed by atoms with Crippen molar-refractivity contribution in [2.45, 2.75) is 88.0 Å². The van der Waals surface area contributed by atoms with Crippen molar-refractivity contribution in [2.24, 2.45) is 0 Å². The minimum absolute atomic E-state index is 0.119. The summed E-state index contributed by atoms with van der Waals surface area (Å²) in [6, 6.07) is 25.7. The van der Waals surface area contributed by atoms with E-state index in [1.807, 2.05) is 70.5 Å². The van der Waals surface area contributed by atoms with Crippen molar-refractivity contribution >= 4 is 33.2 Å². The molecule has 18 heteroatoms. The maximum absolute atomic E-state index is 14.3. The fraction of sp³-hybridized carbons (Fsp3) is 0.417. The highest BCUT2D eigenvalue weighted by Crippen LogP contribution is 2.47. The van der Waals surface area contributed by atoms with Crippen LogP contribution < -0.4 is 0 Å². The van der Waals surface area contributed by atoms with Gasteiger partial charge in [0.1, 0.15) is 0 Å². The van der Waals surface area contributed by atoms with E-state index in [0.717, 1.165) is 75.8 Å². The molecule has 2 aromatic heterocycles. The summed E-state index contributed by atoms with van der Waals surface area (Å²) in [6.45, 7) is 3.55. The predicted octanol–water partition coefficient (Wildman–Crippen LogP) is 10.4. The molecule has 0 aliphatic carbocycles. The Balaban J connectivity index is 0.000000196. The third-order valence-electron chi connectivity index (χ3n) is 12.9. The Morgan fingerprint density at radius 1 is 0.515 bits per heavy atom. The number of non-ortho nitro benzene ring substituents is 2. The molecule has 2 aliphatic heterocycles. The van der Waals surface area contributed by atoms with Crippen LogP contribution in [0.2, 0.25) is 0 Å². The van der Waals surface area contributed by atoms with Gasteiger partial charge < -0.3 is 29.1 Å². The van der Waals surface area contributed by atoms with E-state index < -0.39 is 46.2 Å². The van der Waals surface area contributed by atoms with Gasteiger partial charge in [0.2, 0.25) is 0 Å². The molecule has 4 aromatic carbocycles. The van der Waals surface area contributed by atoms with Crippen molar-refractivity contribution in [1.29, 1.82) is 0 Å². The number of hydrogen-bond acceptors (Lipinski definition) is 8.